The fourth-order valence-electron chi connectivity index (χ4n) is 1.48. The highest BCUT2D eigenvalue weighted by atomic mass is 32.2. The van der Waals surface area contributed by atoms with Crippen LogP contribution in [0.5, 0.6) is 0 Å². The van der Waals surface area contributed by atoms with Crippen molar-refractivity contribution in [2.75, 3.05) is 5.75 Å². The van der Waals surface area contributed by atoms with E-state index in [1.165, 1.54) is 18.2 Å². The third-order valence-electron chi connectivity index (χ3n) is 2.30. The number of carbonyl (C=O) groups excluding carboxylic acids is 2. The number of carbonyl (C=O) groups is 2. The summed E-state index contributed by atoms with van der Waals surface area (Å²) in [7, 11) is 0. The maximum Gasteiger partial charge on any atom is 0.289 e. The largest absolute Gasteiger partial charge is 0.289 e. The topological polar surface area (TPSA) is 80.5 Å². The van der Waals surface area contributed by atoms with Crippen LogP contribution in [0.4, 0.5) is 10.5 Å². The zero-order chi connectivity index (χ0) is 12.4. The fraction of sp³-hybridized carbons (Fsp3) is 0.200. The van der Waals surface area contributed by atoms with E-state index in [4.69, 9.17) is 0 Å². The minimum absolute atomic E-state index is 0.0470. The van der Waals surface area contributed by atoms with Gasteiger partial charge in [0.05, 0.1) is 17.2 Å². The van der Waals surface area contributed by atoms with E-state index < -0.39 is 4.92 Å². The lowest BCUT2D eigenvalue weighted by atomic mass is 10.2. The Balaban J connectivity index is 2.18. The van der Waals surface area contributed by atoms with Gasteiger partial charge in [-0.05, 0) is 5.56 Å². The third-order valence-corrected chi connectivity index (χ3v) is 3.16. The van der Waals surface area contributed by atoms with Gasteiger partial charge in [0.1, 0.15) is 0 Å². The molecular formula is C10H8N2O4S. The lowest BCUT2D eigenvalue weighted by molar-refractivity contribution is -0.384. The first-order valence-corrected chi connectivity index (χ1v) is 5.77. The SMILES string of the molecule is O=C1CSC(=O)N1Cc1cccc([N+](=O)[O-])c1. The predicted molar refractivity (Wildman–Crippen MR) is 61.5 cm³/mol. The molecule has 88 valence electrons. The number of rotatable bonds is 3. The van der Waals surface area contributed by atoms with Crippen molar-refractivity contribution in [3.63, 3.8) is 0 Å². The van der Waals surface area contributed by atoms with E-state index in [9.17, 15) is 19.7 Å². The molecule has 2 rings (SSSR count). The van der Waals surface area contributed by atoms with Crippen molar-refractivity contribution in [3.05, 3.63) is 39.9 Å². The average molecular weight is 252 g/mol. The highest BCUT2D eigenvalue weighted by Gasteiger charge is 2.29. The third kappa shape index (κ3) is 2.44. The van der Waals surface area contributed by atoms with Crippen LogP contribution in [0.25, 0.3) is 0 Å². The Labute approximate surface area is 101 Å². The second-order valence-corrected chi connectivity index (χ2v) is 4.39. The number of non-ortho nitro benzene ring substituents is 1. The highest BCUT2D eigenvalue weighted by molar-refractivity contribution is 8.14. The van der Waals surface area contributed by atoms with Crippen molar-refractivity contribution in [1.29, 1.82) is 0 Å². The molecule has 1 aliphatic rings. The van der Waals surface area contributed by atoms with Crippen LogP contribution in [0, 0.1) is 10.1 Å². The zero-order valence-electron chi connectivity index (χ0n) is 8.66. The van der Waals surface area contributed by atoms with Crippen LogP contribution in [0.1, 0.15) is 5.56 Å². The Morgan fingerprint density at radius 3 is 2.76 bits per heavy atom. The minimum Gasteiger partial charge on any atom is -0.273 e. The molecule has 0 spiro atoms. The van der Waals surface area contributed by atoms with Gasteiger partial charge < -0.3 is 0 Å². The van der Waals surface area contributed by atoms with Crippen LogP contribution in [0.2, 0.25) is 0 Å². The molecule has 0 aromatic heterocycles. The van der Waals surface area contributed by atoms with Crippen LogP contribution >= 0.6 is 11.8 Å². The average Bonchev–Trinajstić information content (AvgIpc) is 2.61. The van der Waals surface area contributed by atoms with Crippen molar-refractivity contribution in [2.45, 2.75) is 6.54 Å². The van der Waals surface area contributed by atoms with Gasteiger partial charge in [-0.1, -0.05) is 23.9 Å². The Bertz CT molecular complexity index is 487. The van der Waals surface area contributed by atoms with Gasteiger partial charge in [-0.25, -0.2) is 0 Å². The quantitative estimate of drug-likeness (QED) is 0.605. The van der Waals surface area contributed by atoms with Crippen molar-refractivity contribution < 1.29 is 14.5 Å². The number of hydrogen-bond donors (Lipinski definition) is 0. The zero-order valence-corrected chi connectivity index (χ0v) is 9.48. The van der Waals surface area contributed by atoms with Crippen LogP contribution < -0.4 is 0 Å². The lowest BCUT2D eigenvalue weighted by Crippen LogP contribution is -2.27. The number of nitrogens with zero attached hydrogens (tertiary/aromatic N) is 2. The van der Waals surface area contributed by atoms with Gasteiger partial charge in [-0.15, -0.1) is 0 Å². The van der Waals surface area contributed by atoms with E-state index in [0.29, 0.717) is 5.56 Å². The first-order chi connectivity index (χ1) is 8.08. The van der Waals surface area contributed by atoms with Gasteiger partial charge in [0.15, 0.2) is 0 Å². The number of nitro benzene ring substituents is 1. The molecule has 0 aliphatic carbocycles. The van der Waals surface area contributed by atoms with E-state index in [1.807, 2.05) is 0 Å². The summed E-state index contributed by atoms with van der Waals surface area (Å²) in [5, 5.41) is 10.3. The molecule has 1 saturated heterocycles. The van der Waals surface area contributed by atoms with Gasteiger partial charge >= 0.3 is 0 Å². The molecule has 7 heteroatoms. The Hall–Kier alpha value is -1.89. The van der Waals surface area contributed by atoms with Crippen molar-refractivity contribution in [2.24, 2.45) is 0 Å². The first kappa shape index (κ1) is 11.6. The number of nitro groups is 1. The second kappa shape index (κ2) is 4.54. The summed E-state index contributed by atoms with van der Waals surface area (Å²) in [6.07, 6.45) is 0. The van der Waals surface area contributed by atoms with Crippen molar-refractivity contribution in [3.8, 4) is 0 Å². The number of imide groups is 1. The molecule has 6 nitrogen and oxygen atoms in total. The monoisotopic (exact) mass is 252 g/mol. The van der Waals surface area contributed by atoms with E-state index in [-0.39, 0.29) is 29.1 Å². The lowest BCUT2D eigenvalue weighted by Gasteiger charge is -2.12. The van der Waals surface area contributed by atoms with Crippen LogP contribution in [-0.4, -0.2) is 26.7 Å². The number of thioether (sulfide) groups is 1. The number of hydrogen-bond acceptors (Lipinski definition) is 5. The van der Waals surface area contributed by atoms with Gasteiger partial charge in [-0.3, -0.25) is 24.6 Å². The second-order valence-electron chi connectivity index (χ2n) is 3.46. The Morgan fingerprint density at radius 2 is 2.18 bits per heavy atom. The van der Waals surface area contributed by atoms with E-state index in [0.717, 1.165) is 16.7 Å². The highest BCUT2D eigenvalue weighted by Crippen LogP contribution is 2.22. The Kier molecular flexibility index (Phi) is 3.10. The summed E-state index contributed by atoms with van der Waals surface area (Å²) in [4.78, 5) is 33.9. The molecular weight excluding hydrogens is 244 g/mol. The molecule has 2 amide bonds. The normalized spacial score (nSPS) is 15.4. The summed E-state index contributed by atoms with van der Waals surface area (Å²) >= 11 is 0.947. The molecule has 0 N–H and O–H groups in total. The van der Waals surface area contributed by atoms with Gasteiger partial charge in [-0.2, -0.15) is 0 Å². The molecule has 17 heavy (non-hydrogen) atoms. The maximum atomic E-state index is 11.4. The molecule has 1 heterocycles. The van der Waals surface area contributed by atoms with Crippen LogP contribution in [-0.2, 0) is 11.3 Å². The van der Waals surface area contributed by atoms with Gasteiger partial charge in [0, 0.05) is 12.1 Å². The summed E-state index contributed by atoms with van der Waals surface area (Å²) in [5.41, 5.74) is 0.526. The van der Waals surface area contributed by atoms with Gasteiger partial charge in [0.25, 0.3) is 10.9 Å². The van der Waals surface area contributed by atoms with Crippen LogP contribution in [0.15, 0.2) is 24.3 Å². The van der Waals surface area contributed by atoms with Crippen molar-refractivity contribution >= 4 is 28.6 Å². The first-order valence-electron chi connectivity index (χ1n) is 4.78. The predicted octanol–water partition coefficient (Wildman–Crippen LogP) is 1.79. The molecule has 0 unspecified atom stereocenters. The minimum atomic E-state index is -0.508. The molecule has 0 radical (unpaired) electrons. The summed E-state index contributed by atoms with van der Waals surface area (Å²) in [6, 6.07) is 5.91. The molecule has 1 aromatic carbocycles. The van der Waals surface area contributed by atoms with E-state index in [2.05, 4.69) is 0 Å². The molecule has 0 saturated carbocycles. The summed E-state index contributed by atoms with van der Waals surface area (Å²) in [5.74, 6) is -0.111. The van der Waals surface area contributed by atoms with Gasteiger partial charge in [0.2, 0.25) is 5.91 Å². The smallest absolute Gasteiger partial charge is 0.273 e. The summed E-state index contributed by atoms with van der Waals surface area (Å²) < 4.78 is 0. The standard InChI is InChI=1S/C10H8N2O4S/c13-9-6-17-10(14)11(9)5-7-2-1-3-8(4-7)12(15)16/h1-4H,5-6H2. The number of amides is 2. The van der Waals surface area contributed by atoms with Crippen LogP contribution in [0.3, 0.4) is 0 Å². The molecule has 0 atom stereocenters. The summed E-state index contributed by atoms with van der Waals surface area (Å²) in [6.45, 7) is 0.0896. The maximum absolute atomic E-state index is 11.4. The van der Waals surface area contributed by atoms with Crippen molar-refractivity contribution in [1.82, 2.24) is 4.90 Å². The molecule has 0 bridgehead atoms. The molecule has 1 aliphatic heterocycles. The van der Waals surface area contributed by atoms with E-state index >= 15 is 0 Å². The fourth-order valence-corrected chi connectivity index (χ4v) is 2.21. The molecule has 1 fully saturated rings. The number of benzene rings is 1. The Morgan fingerprint density at radius 1 is 1.41 bits per heavy atom. The molecule has 1 aromatic rings. The van der Waals surface area contributed by atoms with E-state index in [1.54, 1.807) is 6.07 Å².